The molecule has 0 radical (unpaired) electrons. The fourth-order valence-electron chi connectivity index (χ4n) is 1.75. The SMILES string of the molecule is CN(CCCC(=O)O)C(=O)Cc1ccccc1OC(F)F. The second-order valence-corrected chi connectivity index (χ2v) is 4.48. The van der Waals surface area contributed by atoms with Crippen molar-refractivity contribution >= 4 is 11.9 Å². The Kier molecular flexibility index (Phi) is 6.58. The molecule has 0 saturated heterocycles. The van der Waals surface area contributed by atoms with Crippen LogP contribution in [-0.4, -0.2) is 42.1 Å². The number of hydrogen-bond acceptors (Lipinski definition) is 3. The number of carbonyl (C=O) groups is 2. The normalized spacial score (nSPS) is 10.5. The number of alkyl halides is 2. The van der Waals surface area contributed by atoms with E-state index in [9.17, 15) is 18.4 Å². The number of carbonyl (C=O) groups excluding carboxylic acids is 1. The minimum Gasteiger partial charge on any atom is -0.481 e. The van der Waals surface area contributed by atoms with Gasteiger partial charge in [-0.15, -0.1) is 0 Å². The lowest BCUT2D eigenvalue weighted by Gasteiger charge is -2.17. The van der Waals surface area contributed by atoms with E-state index in [0.29, 0.717) is 18.5 Å². The Morgan fingerprint density at radius 2 is 2.00 bits per heavy atom. The molecule has 0 unspecified atom stereocenters. The molecule has 5 nitrogen and oxygen atoms in total. The van der Waals surface area contributed by atoms with Gasteiger partial charge in [0.05, 0.1) is 6.42 Å². The summed E-state index contributed by atoms with van der Waals surface area (Å²) in [5.74, 6) is -1.24. The number of hydrogen-bond donors (Lipinski definition) is 1. The fourth-order valence-corrected chi connectivity index (χ4v) is 1.75. The van der Waals surface area contributed by atoms with E-state index in [-0.39, 0.29) is 24.5 Å². The monoisotopic (exact) mass is 301 g/mol. The molecular weight excluding hydrogens is 284 g/mol. The Bertz CT molecular complexity index is 494. The highest BCUT2D eigenvalue weighted by molar-refractivity contribution is 5.79. The zero-order valence-corrected chi connectivity index (χ0v) is 11.6. The van der Waals surface area contributed by atoms with Crippen LogP contribution in [0.15, 0.2) is 24.3 Å². The third-order valence-electron chi connectivity index (χ3n) is 2.84. The van der Waals surface area contributed by atoms with Gasteiger partial charge in [0.15, 0.2) is 0 Å². The van der Waals surface area contributed by atoms with E-state index in [1.807, 2.05) is 0 Å². The second-order valence-electron chi connectivity index (χ2n) is 4.48. The Hall–Kier alpha value is -2.18. The zero-order chi connectivity index (χ0) is 15.8. The smallest absolute Gasteiger partial charge is 0.387 e. The molecule has 116 valence electrons. The average Bonchev–Trinajstić information content (AvgIpc) is 2.39. The van der Waals surface area contributed by atoms with Crippen molar-refractivity contribution in [1.82, 2.24) is 4.90 Å². The van der Waals surface area contributed by atoms with Gasteiger partial charge in [-0.1, -0.05) is 18.2 Å². The van der Waals surface area contributed by atoms with Crippen LogP contribution in [0, 0.1) is 0 Å². The summed E-state index contributed by atoms with van der Waals surface area (Å²) in [6, 6.07) is 6.09. The molecule has 0 atom stereocenters. The molecule has 1 amide bonds. The zero-order valence-electron chi connectivity index (χ0n) is 11.6. The molecule has 0 aliphatic carbocycles. The van der Waals surface area contributed by atoms with Gasteiger partial charge in [-0.3, -0.25) is 9.59 Å². The van der Waals surface area contributed by atoms with Gasteiger partial charge in [0.2, 0.25) is 5.91 Å². The molecule has 0 aliphatic rings. The molecule has 0 aliphatic heterocycles. The van der Waals surface area contributed by atoms with Crippen LogP contribution in [0.1, 0.15) is 18.4 Å². The van der Waals surface area contributed by atoms with Crippen molar-refractivity contribution in [1.29, 1.82) is 0 Å². The standard InChI is InChI=1S/C14H17F2NO4/c1-17(8-4-7-13(19)20)12(18)9-10-5-2-3-6-11(10)21-14(15)16/h2-3,5-6,14H,4,7-9H2,1H3,(H,19,20). The highest BCUT2D eigenvalue weighted by Crippen LogP contribution is 2.21. The highest BCUT2D eigenvalue weighted by atomic mass is 19.3. The number of carboxylic acid groups (broad SMARTS) is 1. The summed E-state index contributed by atoms with van der Waals surface area (Å²) in [4.78, 5) is 23.7. The second kappa shape index (κ2) is 8.18. The lowest BCUT2D eigenvalue weighted by atomic mass is 10.1. The van der Waals surface area contributed by atoms with Crippen LogP contribution in [0.2, 0.25) is 0 Å². The van der Waals surface area contributed by atoms with Gasteiger partial charge in [-0.05, 0) is 12.5 Å². The maximum absolute atomic E-state index is 12.3. The number of ether oxygens (including phenoxy) is 1. The highest BCUT2D eigenvalue weighted by Gasteiger charge is 2.15. The summed E-state index contributed by atoms with van der Waals surface area (Å²) < 4.78 is 28.9. The molecule has 21 heavy (non-hydrogen) atoms. The van der Waals surface area contributed by atoms with Gasteiger partial charge in [0.25, 0.3) is 0 Å². The van der Waals surface area contributed by atoms with Gasteiger partial charge in [0.1, 0.15) is 5.75 Å². The largest absolute Gasteiger partial charge is 0.481 e. The Balaban J connectivity index is 2.59. The minimum absolute atomic E-state index is 0.0251. The van der Waals surface area contributed by atoms with E-state index in [1.54, 1.807) is 25.2 Å². The van der Waals surface area contributed by atoms with Crippen LogP contribution in [0.5, 0.6) is 5.75 Å². The first-order chi connectivity index (χ1) is 9.90. The number of carboxylic acids is 1. The molecule has 1 aromatic carbocycles. The van der Waals surface area contributed by atoms with Gasteiger partial charge in [0, 0.05) is 25.6 Å². The van der Waals surface area contributed by atoms with Crippen molar-refractivity contribution < 1.29 is 28.2 Å². The van der Waals surface area contributed by atoms with Crippen LogP contribution >= 0.6 is 0 Å². The summed E-state index contributed by atoms with van der Waals surface area (Å²) >= 11 is 0. The van der Waals surface area contributed by atoms with Crippen LogP contribution < -0.4 is 4.74 Å². The fraction of sp³-hybridized carbons (Fsp3) is 0.429. The van der Waals surface area contributed by atoms with Crippen molar-refractivity contribution in [3.05, 3.63) is 29.8 Å². The van der Waals surface area contributed by atoms with E-state index in [1.165, 1.54) is 11.0 Å². The van der Waals surface area contributed by atoms with Crippen molar-refractivity contribution in [2.45, 2.75) is 25.9 Å². The molecule has 1 aromatic rings. The first-order valence-corrected chi connectivity index (χ1v) is 6.38. The number of para-hydroxylation sites is 1. The molecule has 0 fully saturated rings. The maximum atomic E-state index is 12.3. The van der Waals surface area contributed by atoms with E-state index in [2.05, 4.69) is 4.74 Å². The summed E-state index contributed by atoms with van der Waals surface area (Å²) in [6.45, 7) is -2.65. The molecule has 0 saturated carbocycles. The van der Waals surface area contributed by atoms with E-state index < -0.39 is 12.6 Å². The van der Waals surface area contributed by atoms with Crippen LogP contribution in [-0.2, 0) is 16.0 Å². The summed E-state index contributed by atoms with van der Waals surface area (Å²) in [6.07, 6.45) is 0.238. The van der Waals surface area contributed by atoms with E-state index >= 15 is 0 Å². The third-order valence-corrected chi connectivity index (χ3v) is 2.84. The average molecular weight is 301 g/mol. The number of benzene rings is 1. The lowest BCUT2D eigenvalue weighted by molar-refractivity contribution is -0.138. The van der Waals surface area contributed by atoms with E-state index in [0.717, 1.165) is 0 Å². The number of halogens is 2. The number of rotatable bonds is 8. The van der Waals surface area contributed by atoms with Gasteiger partial charge in [-0.2, -0.15) is 8.78 Å². The Morgan fingerprint density at radius 3 is 2.62 bits per heavy atom. The molecule has 1 rings (SSSR count). The molecular formula is C14H17F2NO4. The van der Waals surface area contributed by atoms with Crippen molar-refractivity contribution in [3.8, 4) is 5.75 Å². The number of nitrogens with zero attached hydrogens (tertiary/aromatic N) is 1. The molecule has 0 bridgehead atoms. The summed E-state index contributed by atoms with van der Waals surface area (Å²) in [7, 11) is 1.54. The predicted molar refractivity (Wildman–Crippen MR) is 71.3 cm³/mol. The van der Waals surface area contributed by atoms with Gasteiger partial charge < -0.3 is 14.7 Å². The van der Waals surface area contributed by atoms with Crippen LogP contribution in [0.4, 0.5) is 8.78 Å². The topological polar surface area (TPSA) is 66.8 Å². The predicted octanol–water partition coefficient (Wildman–Crippen LogP) is 2.15. The van der Waals surface area contributed by atoms with Crippen LogP contribution in [0.25, 0.3) is 0 Å². The number of amides is 1. The maximum Gasteiger partial charge on any atom is 0.387 e. The van der Waals surface area contributed by atoms with Gasteiger partial charge in [-0.25, -0.2) is 0 Å². The molecule has 1 N–H and O–H groups in total. The number of aliphatic carboxylic acids is 1. The summed E-state index contributed by atoms with van der Waals surface area (Å²) in [5, 5.41) is 8.53. The molecule has 7 heteroatoms. The van der Waals surface area contributed by atoms with Crippen LogP contribution in [0.3, 0.4) is 0 Å². The third kappa shape index (κ3) is 6.20. The summed E-state index contributed by atoms with van der Waals surface area (Å²) in [5.41, 5.74) is 0.368. The van der Waals surface area contributed by atoms with Crippen molar-refractivity contribution in [2.24, 2.45) is 0 Å². The van der Waals surface area contributed by atoms with Crippen molar-refractivity contribution in [3.63, 3.8) is 0 Å². The van der Waals surface area contributed by atoms with E-state index in [4.69, 9.17) is 5.11 Å². The molecule has 0 heterocycles. The minimum atomic E-state index is -2.95. The number of likely N-dealkylation sites (N-methyl/N-ethyl adjacent to an activating group) is 1. The van der Waals surface area contributed by atoms with Crippen molar-refractivity contribution in [2.75, 3.05) is 13.6 Å². The first-order valence-electron chi connectivity index (χ1n) is 6.38. The Labute approximate surface area is 121 Å². The first kappa shape index (κ1) is 16.9. The molecule has 0 aromatic heterocycles. The lowest BCUT2D eigenvalue weighted by Crippen LogP contribution is -2.29. The Morgan fingerprint density at radius 1 is 1.33 bits per heavy atom. The van der Waals surface area contributed by atoms with Gasteiger partial charge >= 0.3 is 12.6 Å². The quantitative estimate of drug-likeness (QED) is 0.799. The molecule has 0 spiro atoms.